The largest absolute Gasteiger partial charge is 0.210 e. The van der Waals surface area contributed by atoms with Crippen LogP contribution >= 0.6 is 34.1 Å². The summed E-state index contributed by atoms with van der Waals surface area (Å²) in [6, 6.07) is 4.38. The van der Waals surface area contributed by atoms with E-state index in [4.69, 9.17) is 0 Å². The highest BCUT2D eigenvalue weighted by Gasteiger charge is 2.10. The first kappa shape index (κ1) is 11.0. The molecule has 0 saturated carbocycles. The topological polar surface area (TPSA) is 25.8 Å². The highest BCUT2D eigenvalue weighted by atomic mass is 127. The maximum Gasteiger partial charge on any atom is 0.203 e. The van der Waals surface area contributed by atoms with Crippen molar-refractivity contribution in [2.75, 3.05) is 0 Å². The minimum atomic E-state index is 0.826. The Balaban J connectivity index is 2.62. The molecule has 0 saturated heterocycles. The number of aromatic nitrogens is 2. The van der Waals surface area contributed by atoms with E-state index in [1.807, 2.05) is 0 Å². The predicted molar refractivity (Wildman–Crippen MR) is 72.3 cm³/mol. The number of hydrogen-bond acceptors (Lipinski definition) is 3. The SMILES string of the molecule is Cc1cc(C)c(-c2nc(I)ns2)c(C)c1. The van der Waals surface area contributed by atoms with E-state index < -0.39 is 0 Å². The molecule has 0 unspecified atom stereocenters. The molecule has 0 fully saturated rings. The van der Waals surface area contributed by atoms with Crippen LogP contribution in [0.3, 0.4) is 0 Å². The van der Waals surface area contributed by atoms with Crippen LogP contribution in [0, 0.1) is 24.6 Å². The van der Waals surface area contributed by atoms with Crippen molar-refractivity contribution in [1.82, 2.24) is 9.36 Å². The third kappa shape index (κ3) is 2.20. The number of rotatable bonds is 1. The Bertz CT molecular complexity index is 482. The van der Waals surface area contributed by atoms with Gasteiger partial charge in [0.1, 0.15) is 5.01 Å². The number of hydrogen-bond donors (Lipinski definition) is 0. The molecule has 15 heavy (non-hydrogen) atoms. The Labute approximate surface area is 107 Å². The van der Waals surface area contributed by atoms with Crippen molar-refractivity contribution in [1.29, 1.82) is 0 Å². The fraction of sp³-hybridized carbons (Fsp3) is 0.273. The van der Waals surface area contributed by atoms with Crippen LogP contribution in [0.15, 0.2) is 12.1 Å². The Morgan fingerprint density at radius 1 is 1.13 bits per heavy atom. The summed E-state index contributed by atoms with van der Waals surface area (Å²) in [5.74, 6) is 0. The minimum Gasteiger partial charge on any atom is -0.210 e. The van der Waals surface area contributed by atoms with E-state index in [0.717, 1.165) is 8.84 Å². The molecule has 0 aliphatic heterocycles. The summed E-state index contributed by atoms with van der Waals surface area (Å²) in [4.78, 5) is 4.43. The lowest BCUT2D eigenvalue weighted by atomic mass is 10.0. The molecular weight excluding hydrogens is 319 g/mol. The smallest absolute Gasteiger partial charge is 0.203 e. The second-order valence-electron chi connectivity index (χ2n) is 3.64. The van der Waals surface area contributed by atoms with Gasteiger partial charge in [-0.25, -0.2) is 4.98 Å². The third-order valence-electron chi connectivity index (χ3n) is 2.29. The van der Waals surface area contributed by atoms with Gasteiger partial charge >= 0.3 is 0 Å². The summed E-state index contributed by atoms with van der Waals surface area (Å²) in [6.45, 7) is 6.38. The molecule has 1 aromatic heterocycles. The summed E-state index contributed by atoms with van der Waals surface area (Å²) in [6.07, 6.45) is 0. The van der Waals surface area contributed by atoms with Gasteiger partial charge in [-0.05, 0) is 43.4 Å². The van der Waals surface area contributed by atoms with E-state index in [0.29, 0.717) is 0 Å². The molecule has 1 aromatic carbocycles. The fourth-order valence-electron chi connectivity index (χ4n) is 1.82. The first-order valence-electron chi connectivity index (χ1n) is 4.65. The zero-order chi connectivity index (χ0) is 11.0. The lowest BCUT2D eigenvalue weighted by molar-refractivity contribution is 1.23. The maximum atomic E-state index is 4.43. The molecule has 0 radical (unpaired) electrons. The van der Waals surface area contributed by atoms with Gasteiger partial charge in [0, 0.05) is 28.2 Å². The summed E-state index contributed by atoms with van der Waals surface area (Å²) in [7, 11) is 0. The summed E-state index contributed by atoms with van der Waals surface area (Å²) in [5.41, 5.74) is 5.09. The van der Waals surface area contributed by atoms with Crippen molar-refractivity contribution in [3.63, 3.8) is 0 Å². The van der Waals surface area contributed by atoms with Gasteiger partial charge in [0.15, 0.2) is 0 Å². The molecule has 0 aliphatic carbocycles. The predicted octanol–water partition coefficient (Wildman–Crippen LogP) is 3.73. The molecule has 0 amide bonds. The maximum absolute atomic E-state index is 4.43. The van der Waals surface area contributed by atoms with Gasteiger partial charge in [0.2, 0.25) is 3.83 Å². The van der Waals surface area contributed by atoms with Crippen molar-refractivity contribution < 1.29 is 0 Å². The van der Waals surface area contributed by atoms with E-state index in [1.165, 1.54) is 33.8 Å². The van der Waals surface area contributed by atoms with E-state index in [-0.39, 0.29) is 0 Å². The van der Waals surface area contributed by atoms with E-state index in [1.54, 1.807) is 0 Å². The van der Waals surface area contributed by atoms with Gasteiger partial charge in [-0.1, -0.05) is 17.7 Å². The second-order valence-corrected chi connectivity index (χ2v) is 5.36. The first-order chi connectivity index (χ1) is 7.08. The standard InChI is InChI=1S/C11H11IN2S/c1-6-4-7(2)9(8(3)5-6)10-13-11(12)14-15-10/h4-5H,1-3H3. The normalized spacial score (nSPS) is 10.7. The molecule has 2 nitrogen and oxygen atoms in total. The van der Waals surface area contributed by atoms with Crippen molar-refractivity contribution in [2.45, 2.75) is 20.8 Å². The van der Waals surface area contributed by atoms with Gasteiger partial charge in [0.25, 0.3) is 0 Å². The molecule has 1 heterocycles. The molecular formula is C11H11IN2S. The molecule has 0 spiro atoms. The van der Waals surface area contributed by atoms with Crippen LogP contribution in [0.5, 0.6) is 0 Å². The highest BCUT2D eigenvalue weighted by molar-refractivity contribution is 14.1. The molecule has 78 valence electrons. The van der Waals surface area contributed by atoms with Gasteiger partial charge in [-0.2, -0.15) is 4.37 Å². The number of nitrogens with zero attached hydrogens (tertiary/aromatic N) is 2. The fourth-order valence-corrected chi connectivity index (χ4v) is 3.27. The Morgan fingerprint density at radius 2 is 1.73 bits per heavy atom. The van der Waals surface area contributed by atoms with Crippen LogP contribution in [0.25, 0.3) is 10.6 Å². The van der Waals surface area contributed by atoms with Gasteiger partial charge in [0.05, 0.1) is 0 Å². The van der Waals surface area contributed by atoms with Crippen molar-refractivity contribution in [3.05, 3.63) is 32.7 Å². The van der Waals surface area contributed by atoms with E-state index in [2.05, 4.69) is 64.9 Å². The minimum absolute atomic E-state index is 0.826. The monoisotopic (exact) mass is 330 g/mol. The second kappa shape index (κ2) is 4.17. The van der Waals surface area contributed by atoms with Crippen molar-refractivity contribution in [3.8, 4) is 10.6 Å². The number of benzene rings is 1. The molecule has 0 bridgehead atoms. The molecule has 0 N–H and O–H groups in total. The van der Waals surface area contributed by atoms with Crippen LogP contribution in [0.4, 0.5) is 0 Å². The number of aryl methyl sites for hydroxylation is 3. The number of halogens is 1. The zero-order valence-electron chi connectivity index (χ0n) is 8.84. The zero-order valence-corrected chi connectivity index (χ0v) is 11.8. The van der Waals surface area contributed by atoms with Gasteiger partial charge in [-0.3, -0.25) is 0 Å². The van der Waals surface area contributed by atoms with Gasteiger partial charge in [-0.15, -0.1) is 0 Å². The van der Waals surface area contributed by atoms with Crippen molar-refractivity contribution >= 4 is 34.1 Å². The summed E-state index contributed by atoms with van der Waals surface area (Å²) < 4.78 is 5.04. The lowest BCUT2D eigenvalue weighted by Crippen LogP contribution is -1.89. The highest BCUT2D eigenvalue weighted by Crippen LogP contribution is 2.29. The van der Waals surface area contributed by atoms with Gasteiger partial charge < -0.3 is 0 Å². The average Bonchev–Trinajstić information content (AvgIpc) is 2.49. The lowest BCUT2D eigenvalue weighted by Gasteiger charge is -2.07. The van der Waals surface area contributed by atoms with Crippen LogP contribution in [-0.2, 0) is 0 Å². The molecule has 2 rings (SSSR count). The van der Waals surface area contributed by atoms with E-state index >= 15 is 0 Å². The summed E-state index contributed by atoms with van der Waals surface area (Å²) >= 11 is 3.61. The van der Waals surface area contributed by atoms with Crippen LogP contribution in [0.2, 0.25) is 0 Å². The average molecular weight is 330 g/mol. The Hall–Kier alpha value is -0.490. The quantitative estimate of drug-likeness (QED) is 0.745. The van der Waals surface area contributed by atoms with Crippen LogP contribution in [-0.4, -0.2) is 9.36 Å². The van der Waals surface area contributed by atoms with Crippen LogP contribution < -0.4 is 0 Å². The molecule has 4 heteroatoms. The Morgan fingerprint density at radius 3 is 2.20 bits per heavy atom. The van der Waals surface area contributed by atoms with Crippen molar-refractivity contribution in [2.24, 2.45) is 0 Å². The molecule has 0 atom stereocenters. The summed E-state index contributed by atoms with van der Waals surface area (Å²) in [5, 5.41) is 1.02. The third-order valence-corrected chi connectivity index (χ3v) is 3.83. The van der Waals surface area contributed by atoms with E-state index in [9.17, 15) is 0 Å². The van der Waals surface area contributed by atoms with Crippen LogP contribution in [0.1, 0.15) is 16.7 Å². The molecule has 0 aliphatic rings. The first-order valence-corrected chi connectivity index (χ1v) is 6.50. The Kier molecular flexibility index (Phi) is 3.06. The molecule has 2 aromatic rings.